The number of aromatic amines is 1. The summed E-state index contributed by atoms with van der Waals surface area (Å²) in [5.41, 5.74) is 1.26. The minimum atomic E-state index is -0.334. The maximum absolute atomic E-state index is 13.2. The van der Waals surface area contributed by atoms with Crippen LogP contribution in [0.15, 0.2) is 18.2 Å². The van der Waals surface area contributed by atoms with Gasteiger partial charge in [0.15, 0.2) is 0 Å². The molecule has 8 heteroatoms. The average molecular weight is 333 g/mol. The topological polar surface area (TPSA) is 81.3 Å². The number of imidazole rings is 1. The molecule has 0 spiro atoms. The van der Waals surface area contributed by atoms with Crippen molar-refractivity contribution < 1.29 is 14.0 Å². The zero-order valence-electron chi connectivity index (χ0n) is 13.7. The number of nitrogens with zero attached hydrogens (tertiary/aromatic N) is 3. The second kappa shape index (κ2) is 6.46. The first-order valence-electron chi connectivity index (χ1n) is 7.82. The standard InChI is InChI=1S/C16H20FN5O2/c1-21-8-11(4-6-15(21)23)18-16(24)22(2)9-14-19-12-5-3-10(17)7-13(12)20-14/h3,5,7,11H,4,6,8-9H2,1-2H3,(H,18,24)(H,19,20)/t11-/m0/s1. The summed E-state index contributed by atoms with van der Waals surface area (Å²) in [6.45, 7) is 0.798. The number of fused-ring (bicyclic) bond motifs is 1. The SMILES string of the molecule is CN1C[C@@H](NC(=O)N(C)Cc2nc3ccc(F)cc3[nH]2)CCC1=O. The van der Waals surface area contributed by atoms with Gasteiger partial charge in [0.25, 0.3) is 0 Å². The first kappa shape index (κ1) is 16.2. The van der Waals surface area contributed by atoms with Gasteiger partial charge in [-0.05, 0) is 24.6 Å². The van der Waals surface area contributed by atoms with Gasteiger partial charge in [-0.2, -0.15) is 0 Å². The molecule has 2 heterocycles. The summed E-state index contributed by atoms with van der Waals surface area (Å²) in [7, 11) is 3.40. The van der Waals surface area contributed by atoms with Crippen molar-refractivity contribution in [3.8, 4) is 0 Å². The second-order valence-corrected chi connectivity index (χ2v) is 6.16. The number of aromatic nitrogens is 2. The average Bonchev–Trinajstić information content (AvgIpc) is 2.92. The van der Waals surface area contributed by atoms with Crippen molar-refractivity contribution in [1.82, 2.24) is 25.1 Å². The fraction of sp³-hybridized carbons (Fsp3) is 0.438. The summed E-state index contributed by atoms with van der Waals surface area (Å²) < 4.78 is 13.2. The van der Waals surface area contributed by atoms with Crippen LogP contribution in [-0.2, 0) is 11.3 Å². The molecule has 3 rings (SSSR count). The number of urea groups is 1. The number of rotatable bonds is 3. The van der Waals surface area contributed by atoms with Crippen LogP contribution < -0.4 is 5.32 Å². The highest BCUT2D eigenvalue weighted by Gasteiger charge is 2.25. The van der Waals surface area contributed by atoms with Crippen molar-refractivity contribution in [1.29, 1.82) is 0 Å². The maximum atomic E-state index is 13.2. The number of amides is 3. The van der Waals surface area contributed by atoms with Crippen molar-refractivity contribution >= 4 is 23.0 Å². The molecule has 0 saturated carbocycles. The predicted molar refractivity (Wildman–Crippen MR) is 86.7 cm³/mol. The number of piperidine rings is 1. The molecule has 1 fully saturated rings. The Hall–Kier alpha value is -2.64. The lowest BCUT2D eigenvalue weighted by Crippen LogP contribution is -2.51. The molecular weight excluding hydrogens is 313 g/mol. The van der Waals surface area contributed by atoms with Gasteiger partial charge in [-0.3, -0.25) is 4.79 Å². The third-order valence-corrected chi connectivity index (χ3v) is 4.18. The van der Waals surface area contributed by atoms with E-state index in [4.69, 9.17) is 0 Å². The minimum absolute atomic E-state index is 0.0487. The van der Waals surface area contributed by atoms with Gasteiger partial charge in [-0.25, -0.2) is 14.2 Å². The van der Waals surface area contributed by atoms with Crippen LogP contribution in [0.1, 0.15) is 18.7 Å². The monoisotopic (exact) mass is 333 g/mol. The minimum Gasteiger partial charge on any atom is -0.344 e. The molecule has 1 saturated heterocycles. The van der Waals surface area contributed by atoms with E-state index in [9.17, 15) is 14.0 Å². The van der Waals surface area contributed by atoms with E-state index < -0.39 is 0 Å². The van der Waals surface area contributed by atoms with E-state index in [0.29, 0.717) is 36.2 Å². The van der Waals surface area contributed by atoms with Gasteiger partial charge >= 0.3 is 6.03 Å². The van der Waals surface area contributed by atoms with E-state index in [1.54, 1.807) is 25.1 Å². The Morgan fingerprint density at radius 2 is 2.33 bits per heavy atom. The Labute approximate surface area is 138 Å². The number of H-pyrrole nitrogens is 1. The highest BCUT2D eigenvalue weighted by molar-refractivity contribution is 5.78. The van der Waals surface area contributed by atoms with Crippen molar-refractivity contribution in [3.05, 3.63) is 29.8 Å². The van der Waals surface area contributed by atoms with E-state index in [1.807, 2.05) is 0 Å². The summed E-state index contributed by atoms with van der Waals surface area (Å²) in [6, 6.07) is 4.05. The molecule has 1 aliphatic heterocycles. The molecular formula is C16H20FN5O2. The Balaban J connectivity index is 1.60. The lowest BCUT2D eigenvalue weighted by molar-refractivity contribution is -0.132. The number of likely N-dealkylation sites (N-methyl/N-ethyl adjacent to an activating group) is 1. The van der Waals surface area contributed by atoms with Crippen LogP contribution in [0.3, 0.4) is 0 Å². The van der Waals surface area contributed by atoms with E-state index >= 15 is 0 Å². The van der Waals surface area contributed by atoms with Gasteiger partial charge in [0.05, 0.1) is 17.6 Å². The largest absolute Gasteiger partial charge is 0.344 e. The molecule has 1 aromatic heterocycles. The Morgan fingerprint density at radius 3 is 3.08 bits per heavy atom. The van der Waals surface area contributed by atoms with Crippen LogP contribution in [0.2, 0.25) is 0 Å². The Morgan fingerprint density at radius 1 is 1.54 bits per heavy atom. The molecule has 2 N–H and O–H groups in total. The highest BCUT2D eigenvalue weighted by Crippen LogP contribution is 2.14. The summed E-state index contributed by atoms with van der Waals surface area (Å²) in [4.78, 5) is 34.2. The van der Waals surface area contributed by atoms with E-state index in [2.05, 4.69) is 15.3 Å². The number of hydrogen-bond donors (Lipinski definition) is 2. The van der Waals surface area contributed by atoms with Crippen LogP contribution in [0.5, 0.6) is 0 Å². The van der Waals surface area contributed by atoms with Crippen molar-refractivity contribution in [2.45, 2.75) is 25.4 Å². The molecule has 0 radical (unpaired) electrons. The molecule has 7 nitrogen and oxygen atoms in total. The maximum Gasteiger partial charge on any atom is 0.317 e. The van der Waals surface area contributed by atoms with Crippen LogP contribution >= 0.6 is 0 Å². The Bertz CT molecular complexity index is 775. The first-order chi connectivity index (χ1) is 11.4. The number of hydrogen-bond acceptors (Lipinski definition) is 3. The smallest absolute Gasteiger partial charge is 0.317 e. The summed E-state index contributed by atoms with van der Waals surface area (Å²) in [5, 5.41) is 2.92. The quantitative estimate of drug-likeness (QED) is 0.892. The van der Waals surface area contributed by atoms with Crippen LogP contribution in [0.25, 0.3) is 11.0 Å². The number of halogens is 1. The third-order valence-electron chi connectivity index (χ3n) is 4.18. The first-order valence-corrected chi connectivity index (χ1v) is 7.82. The van der Waals surface area contributed by atoms with Gasteiger partial charge in [0, 0.05) is 33.1 Å². The molecule has 3 amide bonds. The van der Waals surface area contributed by atoms with Gasteiger partial charge < -0.3 is 20.1 Å². The molecule has 2 aromatic rings. The fourth-order valence-electron chi connectivity index (χ4n) is 2.82. The number of carbonyl (C=O) groups excluding carboxylic acids is 2. The molecule has 1 aliphatic rings. The zero-order valence-corrected chi connectivity index (χ0v) is 13.7. The second-order valence-electron chi connectivity index (χ2n) is 6.16. The normalized spacial score (nSPS) is 18.0. The van der Waals surface area contributed by atoms with Gasteiger partial charge in [0.2, 0.25) is 5.91 Å². The van der Waals surface area contributed by atoms with Crippen molar-refractivity contribution in [2.75, 3.05) is 20.6 Å². The molecule has 1 atom stereocenters. The van der Waals surface area contributed by atoms with E-state index in [0.717, 1.165) is 0 Å². The zero-order chi connectivity index (χ0) is 17.3. The fourth-order valence-corrected chi connectivity index (χ4v) is 2.82. The Kier molecular flexibility index (Phi) is 4.37. The number of benzene rings is 1. The van der Waals surface area contributed by atoms with Crippen LogP contribution in [-0.4, -0.2) is 58.4 Å². The number of nitrogens with one attached hydrogen (secondary N) is 2. The van der Waals surface area contributed by atoms with Crippen molar-refractivity contribution in [2.24, 2.45) is 0 Å². The molecule has 1 aromatic carbocycles. The lowest BCUT2D eigenvalue weighted by atomic mass is 10.1. The predicted octanol–water partition coefficient (Wildman–Crippen LogP) is 1.46. The molecule has 0 unspecified atom stereocenters. The third kappa shape index (κ3) is 3.47. The van der Waals surface area contributed by atoms with E-state index in [-0.39, 0.29) is 30.3 Å². The highest BCUT2D eigenvalue weighted by atomic mass is 19.1. The van der Waals surface area contributed by atoms with Gasteiger partial charge in [0.1, 0.15) is 11.6 Å². The van der Waals surface area contributed by atoms with Crippen LogP contribution in [0, 0.1) is 5.82 Å². The van der Waals surface area contributed by atoms with Crippen molar-refractivity contribution in [3.63, 3.8) is 0 Å². The van der Waals surface area contributed by atoms with E-state index in [1.165, 1.54) is 17.0 Å². The molecule has 0 aliphatic carbocycles. The van der Waals surface area contributed by atoms with Gasteiger partial charge in [-0.15, -0.1) is 0 Å². The molecule has 128 valence electrons. The molecule has 0 bridgehead atoms. The summed E-state index contributed by atoms with van der Waals surface area (Å²) in [6.07, 6.45) is 1.09. The van der Waals surface area contributed by atoms with Crippen LogP contribution in [0.4, 0.5) is 9.18 Å². The number of carbonyl (C=O) groups is 2. The summed E-state index contributed by atoms with van der Waals surface area (Å²) >= 11 is 0. The number of likely N-dealkylation sites (tertiary alicyclic amines) is 1. The lowest BCUT2D eigenvalue weighted by Gasteiger charge is -2.31. The summed E-state index contributed by atoms with van der Waals surface area (Å²) in [5.74, 6) is 0.354. The van der Waals surface area contributed by atoms with Gasteiger partial charge in [-0.1, -0.05) is 0 Å². The molecule has 24 heavy (non-hydrogen) atoms.